The molecule has 146 valence electrons. The van der Waals surface area contributed by atoms with Gasteiger partial charge in [-0.3, -0.25) is 10.00 Å². The van der Waals surface area contributed by atoms with Crippen LogP contribution in [0.1, 0.15) is 28.9 Å². The minimum Gasteiger partial charge on any atom is -0.448 e. The van der Waals surface area contributed by atoms with Crippen molar-refractivity contribution in [1.29, 1.82) is 0 Å². The number of aromatic amines is 1. The van der Waals surface area contributed by atoms with Crippen molar-refractivity contribution in [2.24, 2.45) is 0 Å². The first kappa shape index (κ1) is 17.4. The topological polar surface area (TPSA) is 97.1 Å². The number of cyclic esters (lactones) is 1. The normalized spacial score (nSPS) is 15.0. The van der Waals surface area contributed by atoms with Crippen LogP contribution >= 0.6 is 0 Å². The maximum atomic E-state index is 12.1. The van der Waals surface area contributed by atoms with Gasteiger partial charge in [0.2, 0.25) is 5.89 Å². The molecule has 4 aromatic rings. The Labute approximate surface area is 166 Å². The van der Waals surface area contributed by atoms with Crippen LogP contribution in [0, 0.1) is 0 Å². The smallest absolute Gasteiger partial charge is 0.410 e. The van der Waals surface area contributed by atoms with Gasteiger partial charge in [0, 0.05) is 11.8 Å². The minimum atomic E-state index is -0.313. The SMILES string of the molecule is O=C1OCCN1C(Cc1nc(Cc2ccc3cn[nH]c3c2)no1)c1ccccc1. The number of amides is 1. The summed E-state index contributed by atoms with van der Waals surface area (Å²) in [5.41, 5.74) is 3.05. The lowest BCUT2D eigenvalue weighted by atomic mass is 10.0. The molecule has 2 aromatic carbocycles. The van der Waals surface area contributed by atoms with Crippen molar-refractivity contribution >= 4 is 17.0 Å². The van der Waals surface area contributed by atoms with Crippen LogP contribution < -0.4 is 0 Å². The molecule has 1 N–H and O–H groups in total. The van der Waals surface area contributed by atoms with Crippen LogP contribution in [0.25, 0.3) is 10.9 Å². The Morgan fingerprint density at radius 1 is 1.17 bits per heavy atom. The van der Waals surface area contributed by atoms with E-state index in [-0.39, 0.29) is 12.1 Å². The van der Waals surface area contributed by atoms with E-state index in [2.05, 4.69) is 20.3 Å². The fraction of sp³-hybridized carbons (Fsp3) is 0.238. The van der Waals surface area contributed by atoms with Crippen LogP contribution in [-0.4, -0.2) is 44.5 Å². The number of hydrogen-bond acceptors (Lipinski definition) is 6. The summed E-state index contributed by atoms with van der Waals surface area (Å²) in [5, 5.41) is 12.2. The van der Waals surface area contributed by atoms with E-state index in [1.165, 1.54) is 0 Å². The lowest BCUT2D eigenvalue weighted by Gasteiger charge is -2.24. The van der Waals surface area contributed by atoms with E-state index in [0.29, 0.717) is 37.7 Å². The molecule has 0 aliphatic carbocycles. The van der Waals surface area contributed by atoms with Gasteiger partial charge in [0.1, 0.15) is 6.61 Å². The number of nitrogens with one attached hydrogen (secondary N) is 1. The van der Waals surface area contributed by atoms with Crippen LogP contribution in [-0.2, 0) is 17.6 Å². The Balaban J connectivity index is 1.36. The largest absolute Gasteiger partial charge is 0.448 e. The average Bonchev–Trinajstić information content (AvgIpc) is 3.48. The number of H-pyrrole nitrogens is 1. The molecule has 8 nitrogen and oxygen atoms in total. The first-order valence-corrected chi connectivity index (χ1v) is 9.48. The lowest BCUT2D eigenvalue weighted by Crippen LogP contribution is -2.31. The fourth-order valence-electron chi connectivity index (χ4n) is 3.66. The second kappa shape index (κ2) is 7.38. The van der Waals surface area contributed by atoms with Crippen molar-refractivity contribution < 1.29 is 14.1 Å². The Morgan fingerprint density at radius 2 is 2.07 bits per heavy atom. The van der Waals surface area contributed by atoms with Crippen LogP contribution in [0.5, 0.6) is 0 Å². The summed E-state index contributed by atoms with van der Waals surface area (Å²) < 4.78 is 10.6. The maximum Gasteiger partial charge on any atom is 0.410 e. The monoisotopic (exact) mass is 389 g/mol. The standard InChI is InChI=1S/C21H19N5O3/c27-21-26(8-9-28-21)18(15-4-2-1-3-5-15)12-20-23-19(25-29-20)11-14-6-7-16-13-22-24-17(16)10-14/h1-7,10,13,18H,8-9,11-12H2,(H,22,24). The summed E-state index contributed by atoms with van der Waals surface area (Å²) in [6.45, 7) is 0.941. The zero-order chi connectivity index (χ0) is 19.6. The predicted molar refractivity (Wildman–Crippen MR) is 104 cm³/mol. The second-order valence-electron chi connectivity index (χ2n) is 7.01. The second-order valence-corrected chi connectivity index (χ2v) is 7.01. The van der Waals surface area contributed by atoms with Gasteiger partial charge >= 0.3 is 6.09 Å². The maximum absolute atomic E-state index is 12.1. The molecular formula is C21H19N5O3. The Kier molecular flexibility index (Phi) is 4.44. The molecule has 2 aromatic heterocycles. The molecule has 1 aliphatic rings. The van der Waals surface area contributed by atoms with Gasteiger partial charge in [0.25, 0.3) is 0 Å². The number of ether oxygens (including phenoxy) is 1. The molecule has 1 amide bonds. The third kappa shape index (κ3) is 3.56. The quantitative estimate of drug-likeness (QED) is 0.544. The highest BCUT2D eigenvalue weighted by Crippen LogP contribution is 2.27. The summed E-state index contributed by atoms with van der Waals surface area (Å²) in [6, 6.07) is 15.7. The Hall–Kier alpha value is -3.68. The summed E-state index contributed by atoms with van der Waals surface area (Å²) in [4.78, 5) is 18.4. The molecule has 0 spiro atoms. The number of carbonyl (C=O) groups excluding carboxylic acids is 1. The molecule has 29 heavy (non-hydrogen) atoms. The van der Waals surface area contributed by atoms with Crippen molar-refractivity contribution in [3.63, 3.8) is 0 Å². The molecule has 0 radical (unpaired) electrons. The first-order chi connectivity index (χ1) is 14.3. The number of aromatic nitrogens is 4. The summed E-state index contributed by atoms with van der Waals surface area (Å²) in [5.74, 6) is 1.10. The molecule has 1 fully saturated rings. The van der Waals surface area contributed by atoms with Gasteiger partial charge in [-0.1, -0.05) is 47.6 Å². The fourth-order valence-corrected chi connectivity index (χ4v) is 3.66. The van der Waals surface area contributed by atoms with E-state index in [1.807, 2.05) is 48.5 Å². The van der Waals surface area contributed by atoms with Crippen LogP contribution in [0.15, 0.2) is 59.3 Å². The Morgan fingerprint density at radius 3 is 2.90 bits per heavy atom. The highest BCUT2D eigenvalue weighted by atomic mass is 16.6. The summed E-state index contributed by atoms with van der Waals surface area (Å²) in [7, 11) is 0. The highest BCUT2D eigenvalue weighted by molar-refractivity contribution is 5.78. The van der Waals surface area contributed by atoms with Crippen molar-refractivity contribution in [2.45, 2.75) is 18.9 Å². The number of carbonyl (C=O) groups is 1. The zero-order valence-corrected chi connectivity index (χ0v) is 15.6. The number of hydrogen-bond donors (Lipinski definition) is 1. The Bertz CT molecular complexity index is 1140. The van der Waals surface area contributed by atoms with Crippen molar-refractivity contribution in [2.75, 3.05) is 13.2 Å². The average molecular weight is 389 g/mol. The molecule has 5 rings (SSSR count). The molecule has 1 aliphatic heterocycles. The van der Waals surface area contributed by atoms with Gasteiger partial charge in [0.15, 0.2) is 5.82 Å². The molecule has 1 unspecified atom stereocenters. The first-order valence-electron chi connectivity index (χ1n) is 9.48. The van der Waals surface area contributed by atoms with Gasteiger partial charge in [-0.15, -0.1) is 0 Å². The number of benzene rings is 2. The molecule has 0 saturated carbocycles. The van der Waals surface area contributed by atoms with Crippen molar-refractivity contribution in [1.82, 2.24) is 25.2 Å². The third-order valence-corrected chi connectivity index (χ3v) is 5.10. The summed E-state index contributed by atoms with van der Waals surface area (Å²) in [6.07, 6.45) is 2.47. The van der Waals surface area contributed by atoms with Crippen molar-refractivity contribution in [3.8, 4) is 0 Å². The highest BCUT2D eigenvalue weighted by Gasteiger charge is 2.32. The molecule has 3 heterocycles. The molecule has 1 atom stereocenters. The van der Waals surface area contributed by atoms with E-state index >= 15 is 0 Å². The van der Waals surface area contributed by atoms with Gasteiger partial charge in [-0.25, -0.2) is 4.79 Å². The van der Waals surface area contributed by atoms with Gasteiger partial charge in [-0.2, -0.15) is 10.1 Å². The molecule has 8 heteroatoms. The lowest BCUT2D eigenvalue weighted by molar-refractivity contribution is 0.146. The number of fused-ring (bicyclic) bond motifs is 1. The van der Waals surface area contributed by atoms with Crippen LogP contribution in [0.2, 0.25) is 0 Å². The number of rotatable bonds is 6. The van der Waals surface area contributed by atoms with Gasteiger partial charge in [0.05, 0.1) is 30.7 Å². The molecule has 1 saturated heterocycles. The van der Waals surface area contributed by atoms with E-state index in [9.17, 15) is 4.79 Å². The van der Waals surface area contributed by atoms with Crippen LogP contribution in [0.3, 0.4) is 0 Å². The van der Waals surface area contributed by atoms with E-state index in [4.69, 9.17) is 9.26 Å². The summed E-state index contributed by atoms with van der Waals surface area (Å²) >= 11 is 0. The van der Waals surface area contributed by atoms with Gasteiger partial charge in [-0.05, 0) is 17.2 Å². The zero-order valence-electron chi connectivity index (χ0n) is 15.6. The van der Waals surface area contributed by atoms with Crippen LogP contribution in [0.4, 0.5) is 4.79 Å². The van der Waals surface area contributed by atoms with E-state index in [1.54, 1.807) is 11.1 Å². The number of nitrogens with zero attached hydrogens (tertiary/aromatic N) is 4. The van der Waals surface area contributed by atoms with E-state index < -0.39 is 0 Å². The minimum absolute atomic E-state index is 0.208. The molecular weight excluding hydrogens is 370 g/mol. The van der Waals surface area contributed by atoms with E-state index in [0.717, 1.165) is 22.0 Å². The van der Waals surface area contributed by atoms with Crippen molar-refractivity contribution in [3.05, 3.63) is 77.6 Å². The third-order valence-electron chi connectivity index (χ3n) is 5.10. The van der Waals surface area contributed by atoms with Gasteiger partial charge < -0.3 is 9.26 Å². The molecule has 0 bridgehead atoms. The predicted octanol–water partition coefficient (Wildman–Crippen LogP) is 3.27.